The van der Waals surface area contributed by atoms with Crippen molar-refractivity contribution in [1.82, 2.24) is 0 Å². The van der Waals surface area contributed by atoms with E-state index in [1.54, 1.807) is 13.0 Å². The van der Waals surface area contributed by atoms with Crippen LogP contribution in [0.2, 0.25) is 0 Å². The maximum absolute atomic E-state index is 12.2. The molecule has 1 amide bonds. The maximum Gasteiger partial charge on any atom is 0.251 e. The first-order valence-electron chi connectivity index (χ1n) is 7.59. The number of nitriles is 1. The molecule has 122 valence electrons. The van der Waals surface area contributed by atoms with Crippen molar-refractivity contribution in [2.24, 2.45) is 10.9 Å². The molecule has 1 aromatic heterocycles. The summed E-state index contributed by atoms with van der Waals surface area (Å²) in [5.74, 6) is 0.326. The van der Waals surface area contributed by atoms with Crippen molar-refractivity contribution in [3.05, 3.63) is 40.4 Å². The van der Waals surface area contributed by atoms with Gasteiger partial charge < -0.3 is 5.32 Å². The number of hydrogen-bond acceptors (Lipinski definition) is 4. The monoisotopic (exact) mass is 329 g/mol. The second kappa shape index (κ2) is 9.06. The quantitative estimate of drug-likeness (QED) is 0.586. The molecule has 0 aromatic carbocycles. The highest BCUT2D eigenvalue weighted by Gasteiger charge is 2.18. The van der Waals surface area contributed by atoms with Gasteiger partial charge in [-0.3, -0.25) is 9.79 Å². The summed E-state index contributed by atoms with van der Waals surface area (Å²) in [7, 11) is 0. The fourth-order valence-electron chi connectivity index (χ4n) is 1.93. The molecule has 1 atom stereocenters. The van der Waals surface area contributed by atoms with E-state index in [-0.39, 0.29) is 5.91 Å². The number of hydrogen-bond donors (Lipinski definition) is 1. The van der Waals surface area contributed by atoms with Gasteiger partial charge in [-0.15, -0.1) is 11.3 Å². The van der Waals surface area contributed by atoms with E-state index in [1.807, 2.05) is 6.92 Å². The van der Waals surface area contributed by atoms with Gasteiger partial charge in [0.05, 0.1) is 5.56 Å². The highest BCUT2D eigenvalue weighted by atomic mass is 32.1. The number of aliphatic imine (C=N–C) groups is 1. The number of rotatable bonds is 7. The number of thiophene rings is 1. The largest absolute Gasteiger partial charge is 0.313 e. The van der Waals surface area contributed by atoms with Gasteiger partial charge in [-0.05, 0) is 37.8 Å². The molecule has 23 heavy (non-hydrogen) atoms. The minimum atomic E-state index is -0.228. The van der Waals surface area contributed by atoms with Crippen LogP contribution in [0.4, 0.5) is 5.00 Å². The first kappa shape index (κ1) is 18.9. The molecule has 1 aromatic rings. The Morgan fingerprint density at radius 1 is 1.57 bits per heavy atom. The fourth-order valence-corrected chi connectivity index (χ4v) is 3.25. The van der Waals surface area contributed by atoms with Crippen molar-refractivity contribution < 1.29 is 4.79 Å². The normalized spacial score (nSPS) is 12.9. The molecular weight excluding hydrogens is 306 g/mol. The van der Waals surface area contributed by atoms with Crippen molar-refractivity contribution >= 4 is 28.5 Å². The van der Waals surface area contributed by atoms with Gasteiger partial charge in [0, 0.05) is 22.9 Å². The Bertz CT molecular complexity index is 677. The minimum absolute atomic E-state index is 0.228. The molecule has 1 unspecified atom stereocenters. The summed E-state index contributed by atoms with van der Waals surface area (Å²) in [6, 6.07) is 2.21. The van der Waals surface area contributed by atoms with Crippen LogP contribution in [0.3, 0.4) is 0 Å². The molecule has 0 saturated carbocycles. The third-order valence-electron chi connectivity index (χ3n) is 3.69. The van der Waals surface area contributed by atoms with E-state index in [9.17, 15) is 10.1 Å². The predicted molar refractivity (Wildman–Crippen MR) is 98.0 cm³/mol. The zero-order valence-corrected chi connectivity index (χ0v) is 15.0. The molecular formula is C18H23N3OS. The Labute approximate surface area is 142 Å². The summed E-state index contributed by atoms with van der Waals surface area (Å²) >= 11 is 1.50. The van der Waals surface area contributed by atoms with E-state index in [1.165, 1.54) is 28.6 Å². The number of nitrogens with zero attached hydrogens (tertiary/aromatic N) is 2. The molecule has 0 radical (unpaired) electrons. The van der Waals surface area contributed by atoms with Gasteiger partial charge in [-0.2, -0.15) is 5.26 Å². The van der Waals surface area contributed by atoms with Crippen LogP contribution < -0.4 is 5.32 Å². The molecule has 0 fully saturated rings. The minimum Gasteiger partial charge on any atom is -0.313 e. The summed E-state index contributed by atoms with van der Waals surface area (Å²) in [5.41, 5.74) is 2.06. The van der Waals surface area contributed by atoms with Crippen LogP contribution in [0.25, 0.3) is 0 Å². The van der Waals surface area contributed by atoms with E-state index in [0.29, 0.717) is 22.1 Å². The van der Waals surface area contributed by atoms with Crippen LogP contribution in [0.1, 0.15) is 43.2 Å². The molecule has 0 bridgehead atoms. The summed E-state index contributed by atoms with van der Waals surface area (Å²) in [4.78, 5) is 17.2. The number of nitrogens with one attached hydrogen (secondary N) is 1. The lowest BCUT2D eigenvalue weighted by atomic mass is 10.0. The second-order valence-corrected chi connectivity index (χ2v) is 6.57. The van der Waals surface area contributed by atoms with Crippen LogP contribution in [0.5, 0.6) is 0 Å². The lowest BCUT2D eigenvalue weighted by molar-refractivity contribution is -0.112. The third kappa shape index (κ3) is 5.19. The molecule has 0 aliphatic rings. The number of anilines is 1. The van der Waals surface area contributed by atoms with Crippen molar-refractivity contribution in [2.45, 2.75) is 40.5 Å². The standard InChI is InChI=1S/C18H23N3OS/c1-6-12(3)10-16-14(5)15(11-19)18(23-16)21-17(22)13(4)8-9-20-7-2/h7-9,12H,2,6,10H2,1,3-5H3,(H,21,22)/b13-8+,20-9?. The van der Waals surface area contributed by atoms with Crippen LogP contribution >= 0.6 is 11.3 Å². The van der Waals surface area contributed by atoms with Gasteiger partial charge in [-0.25, -0.2) is 0 Å². The first-order chi connectivity index (χ1) is 10.9. The topological polar surface area (TPSA) is 65.2 Å². The molecule has 1 N–H and O–H groups in total. The second-order valence-electron chi connectivity index (χ2n) is 5.47. The van der Waals surface area contributed by atoms with Crippen LogP contribution in [-0.2, 0) is 11.2 Å². The predicted octanol–water partition coefficient (Wildman–Crippen LogP) is 4.62. The Morgan fingerprint density at radius 2 is 2.26 bits per heavy atom. The van der Waals surface area contributed by atoms with E-state index >= 15 is 0 Å². The van der Waals surface area contributed by atoms with Gasteiger partial charge in [0.2, 0.25) is 0 Å². The summed E-state index contributed by atoms with van der Waals surface area (Å²) in [5, 5.41) is 12.9. The Balaban J connectivity index is 3.00. The Kier molecular flexibility index (Phi) is 7.43. The van der Waals surface area contributed by atoms with Crippen molar-refractivity contribution in [1.29, 1.82) is 5.26 Å². The molecule has 0 spiro atoms. The van der Waals surface area contributed by atoms with Crippen LogP contribution in [0, 0.1) is 24.2 Å². The highest BCUT2D eigenvalue weighted by molar-refractivity contribution is 7.16. The smallest absolute Gasteiger partial charge is 0.251 e. The first-order valence-corrected chi connectivity index (χ1v) is 8.40. The van der Waals surface area contributed by atoms with Crippen LogP contribution in [-0.4, -0.2) is 12.1 Å². The van der Waals surface area contributed by atoms with Gasteiger partial charge in [0.25, 0.3) is 5.91 Å². The highest BCUT2D eigenvalue weighted by Crippen LogP contribution is 2.34. The molecule has 0 saturated heterocycles. The van der Waals surface area contributed by atoms with E-state index in [4.69, 9.17) is 0 Å². The van der Waals surface area contributed by atoms with Gasteiger partial charge in [-0.1, -0.05) is 26.8 Å². The fraction of sp³-hybridized carbons (Fsp3) is 0.389. The number of allylic oxidation sites excluding steroid dienone is 1. The van der Waals surface area contributed by atoms with Crippen molar-refractivity contribution in [3.63, 3.8) is 0 Å². The average Bonchev–Trinajstić information content (AvgIpc) is 2.82. The van der Waals surface area contributed by atoms with Gasteiger partial charge in [0.15, 0.2) is 0 Å². The molecule has 4 nitrogen and oxygen atoms in total. The van der Waals surface area contributed by atoms with E-state index in [2.05, 4.69) is 36.8 Å². The molecule has 5 heteroatoms. The van der Waals surface area contributed by atoms with E-state index < -0.39 is 0 Å². The van der Waals surface area contributed by atoms with Crippen molar-refractivity contribution in [2.75, 3.05) is 5.32 Å². The molecule has 0 aliphatic heterocycles. The number of carbonyl (C=O) groups is 1. The van der Waals surface area contributed by atoms with E-state index in [0.717, 1.165) is 18.4 Å². The van der Waals surface area contributed by atoms with Gasteiger partial charge in [0.1, 0.15) is 11.1 Å². The summed E-state index contributed by atoms with van der Waals surface area (Å²) in [6.45, 7) is 11.5. The lowest BCUT2D eigenvalue weighted by Gasteiger charge is -2.06. The maximum atomic E-state index is 12.2. The molecule has 1 heterocycles. The van der Waals surface area contributed by atoms with Crippen molar-refractivity contribution in [3.8, 4) is 6.07 Å². The summed E-state index contributed by atoms with van der Waals surface area (Å²) in [6.07, 6.45) is 6.55. The Morgan fingerprint density at radius 3 is 2.83 bits per heavy atom. The zero-order chi connectivity index (χ0) is 17.4. The van der Waals surface area contributed by atoms with Crippen LogP contribution in [0.15, 0.2) is 29.4 Å². The Hall–Kier alpha value is -2.19. The molecule has 1 rings (SSSR count). The average molecular weight is 329 g/mol. The molecule has 0 aliphatic carbocycles. The number of carbonyl (C=O) groups excluding carboxylic acids is 1. The number of amides is 1. The SMILES string of the molecule is C=CN=C/C=C(\C)C(=O)Nc1sc(CC(C)CC)c(C)c1C#N. The lowest BCUT2D eigenvalue weighted by Crippen LogP contribution is -2.12. The third-order valence-corrected chi connectivity index (χ3v) is 4.92. The van der Waals surface area contributed by atoms with Gasteiger partial charge >= 0.3 is 0 Å². The zero-order valence-electron chi connectivity index (χ0n) is 14.1. The summed E-state index contributed by atoms with van der Waals surface area (Å²) < 4.78 is 0.